The van der Waals surface area contributed by atoms with Crippen LogP contribution in [0.15, 0.2) is 48.5 Å². The fraction of sp³-hybridized carbons (Fsp3) is 0.235. The molecule has 0 saturated carbocycles. The van der Waals surface area contributed by atoms with E-state index < -0.39 is 0 Å². The van der Waals surface area contributed by atoms with Crippen LogP contribution in [0.3, 0.4) is 0 Å². The fourth-order valence-electron chi connectivity index (χ4n) is 1.92. The van der Waals surface area contributed by atoms with Crippen LogP contribution in [0, 0.1) is 0 Å². The van der Waals surface area contributed by atoms with Crippen LogP contribution in [0.2, 0.25) is 5.02 Å². The van der Waals surface area contributed by atoms with Crippen LogP contribution in [0.5, 0.6) is 5.75 Å². The Hall–Kier alpha value is -1.65. The maximum Gasteiger partial charge on any atom is 0.251 e. The summed E-state index contributed by atoms with van der Waals surface area (Å²) in [5.74, 6) is 2.34. The smallest absolute Gasteiger partial charge is 0.251 e. The molecule has 2 rings (SSSR count). The number of carbonyl (C=O) groups is 1. The molecule has 0 unspecified atom stereocenters. The maximum atomic E-state index is 12.0. The molecule has 0 aliphatic carbocycles. The highest BCUT2D eigenvalue weighted by Gasteiger charge is 2.05. The van der Waals surface area contributed by atoms with E-state index in [9.17, 15) is 4.79 Å². The SMILES string of the molecule is COc1cccc(C(=O)NCCSCc2cccc(Cl)c2)c1. The van der Waals surface area contributed by atoms with Crippen molar-refractivity contribution in [3.05, 3.63) is 64.7 Å². The molecular formula is C17H18ClNO2S. The van der Waals surface area contributed by atoms with E-state index in [2.05, 4.69) is 5.32 Å². The van der Waals surface area contributed by atoms with E-state index in [4.69, 9.17) is 16.3 Å². The molecule has 3 nitrogen and oxygen atoms in total. The first-order chi connectivity index (χ1) is 10.7. The molecule has 0 fully saturated rings. The second-order valence-corrected chi connectivity index (χ2v) is 6.21. The van der Waals surface area contributed by atoms with Crippen molar-refractivity contribution in [2.45, 2.75) is 5.75 Å². The van der Waals surface area contributed by atoms with E-state index in [1.54, 1.807) is 31.0 Å². The van der Waals surface area contributed by atoms with Crippen LogP contribution < -0.4 is 10.1 Å². The number of ether oxygens (including phenoxy) is 1. The average Bonchev–Trinajstić information content (AvgIpc) is 2.54. The largest absolute Gasteiger partial charge is 0.497 e. The zero-order valence-electron chi connectivity index (χ0n) is 12.3. The molecule has 0 heterocycles. The Morgan fingerprint density at radius 1 is 1.23 bits per heavy atom. The molecule has 2 aromatic rings. The molecule has 22 heavy (non-hydrogen) atoms. The second kappa shape index (κ2) is 8.71. The number of hydrogen-bond acceptors (Lipinski definition) is 3. The molecule has 116 valence electrons. The van der Waals surface area contributed by atoms with Crippen molar-refractivity contribution in [2.75, 3.05) is 19.4 Å². The Bertz CT molecular complexity index is 634. The van der Waals surface area contributed by atoms with E-state index in [0.717, 1.165) is 16.5 Å². The Kier molecular flexibility index (Phi) is 6.62. The van der Waals surface area contributed by atoms with Crippen molar-refractivity contribution in [1.29, 1.82) is 0 Å². The molecule has 2 aromatic carbocycles. The zero-order chi connectivity index (χ0) is 15.8. The number of nitrogens with one attached hydrogen (secondary N) is 1. The summed E-state index contributed by atoms with van der Waals surface area (Å²) >= 11 is 7.70. The van der Waals surface area contributed by atoms with Gasteiger partial charge in [-0.15, -0.1) is 0 Å². The van der Waals surface area contributed by atoms with Gasteiger partial charge in [0.05, 0.1) is 7.11 Å². The van der Waals surface area contributed by atoms with Crippen LogP contribution in [0.25, 0.3) is 0 Å². The van der Waals surface area contributed by atoms with Gasteiger partial charge in [0.2, 0.25) is 0 Å². The number of methoxy groups -OCH3 is 1. The lowest BCUT2D eigenvalue weighted by Crippen LogP contribution is -2.25. The maximum absolute atomic E-state index is 12.0. The third kappa shape index (κ3) is 5.28. The predicted molar refractivity (Wildman–Crippen MR) is 92.9 cm³/mol. The highest BCUT2D eigenvalue weighted by atomic mass is 35.5. The lowest BCUT2D eigenvalue weighted by molar-refractivity contribution is 0.0956. The monoisotopic (exact) mass is 335 g/mol. The molecular weight excluding hydrogens is 318 g/mol. The molecule has 1 amide bonds. The zero-order valence-corrected chi connectivity index (χ0v) is 13.9. The number of rotatable bonds is 7. The van der Waals surface area contributed by atoms with E-state index >= 15 is 0 Å². The average molecular weight is 336 g/mol. The topological polar surface area (TPSA) is 38.3 Å². The molecule has 0 bridgehead atoms. The Balaban J connectivity index is 1.71. The lowest BCUT2D eigenvalue weighted by Gasteiger charge is -2.07. The number of amides is 1. The molecule has 0 spiro atoms. The molecule has 0 atom stereocenters. The highest BCUT2D eigenvalue weighted by molar-refractivity contribution is 7.98. The van der Waals surface area contributed by atoms with E-state index in [1.165, 1.54) is 5.56 Å². The molecule has 5 heteroatoms. The van der Waals surface area contributed by atoms with Crippen molar-refractivity contribution < 1.29 is 9.53 Å². The van der Waals surface area contributed by atoms with Crippen molar-refractivity contribution in [3.63, 3.8) is 0 Å². The Morgan fingerprint density at radius 2 is 2.05 bits per heavy atom. The summed E-state index contributed by atoms with van der Waals surface area (Å²) in [7, 11) is 1.59. The first kappa shape index (κ1) is 16.7. The van der Waals surface area contributed by atoms with Crippen LogP contribution in [0.1, 0.15) is 15.9 Å². The molecule has 0 aliphatic rings. The summed E-state index contributed by atoms with van der Waals surface area (Å²) in [6.45, 7) is 0.626. The molecule has 1 N–H and O–H groups in total. The predicted octanol–water partition coefficient (Wildman–Crippen LogP) is 4.01. The summed E-state index contributed by atoms with van der Waals surface area (Å²) in [6.07, 6.45) is 0. The minimum absolute atomic E-state index is 0.0812. The van der Waals surface area contributed by atoms with Crippen molar-refractivity contribution in [3.8, 4) is 5.75 Å². The summed E-state index contributed by atoms with van der Waals surface area (Å²) in [5, 5.41) is 3.66. The van der Waals surface area contributed by atoms with Crippen molar-refractivity contribution in [1.82, 2.24) is 5.32 Å². The van der Waals surface area contributed by atoms with Crippen LogP contribution in [0.4, 0.5) is 0 Å². The van der Waals surface area contributed by atoms with Crippen LogP contribution in [-0.4, -0.2) is 25.3 Å². The molecule has 0 aromatic heterocycles. The lowest BCUT2D eigenvalue weighted by atomic mass is 10.2. The summed E-state index contributed by atoms with van der Waals surface area (Å²) in [6, 6.07) is 15.0. The first-order valence-electron chi connectivity index (χ1n) is 6.93. The number of hydrogen-bond donors (Lipinski definition) is 1. The second-order valence-electron chi connectivity index (χ2n) is 4.67. The number of benzene rings is 2. The van der Waals surface area contributed by atoms with Crippen molar-refractivity contribution in [2.24, 2.45) is 0 Å². The molecule has 0 aliphatic heterocycles. The van der Waals surface area contributed by atoms with Gasteiger partial charge in [-0.1, -0.05) is 29.8 Å². The van der Waals surface area contributed by atoms with Gasteiger partial charge in [-0.05, 0) is 35.9 Å². The normalized spacial score (nSPS) is 10.3. The van der Waals surface area contributed by atoms with Gasteiger partial charge in [0, 0.05) is 28.6 Å². The first-order valence-corrected chi connectivity index (χ1v) is 8.47. The standard InChI is InChI=1S/C17H18ClNO2S/c1-21-16-7-3-5-14(11-16)17(20)19-8-9-22-12-13-4-2-6-15(18)10-13/h2-7,10-11H,8-9,12H2,1H3,(H,19,20). The summed E-state index contributed by atoms with van der Waals surface area (Å²) < 4.78 is 5.11. The van der Waals surface area contributed by atoms with Crippen molar-refractivity contribution >= 4 is 29.3 Å². The fourth-order valence-corrected chi connectivity index (χ4v) is 2.94. The van der Waals surface area contributed by atoms with Crippen LogP contribution in [-0.2, 0) is 5.75 Å². The van der Waals surface area contributed by atoms with E-state index in [-0.39, 0.29) is 5.91 Å². The van der Waals surface area contributed by atoms with Gasteiger partial charge in [-0.25, -0.2) is 0 Å². The van der Waals surface area contributed by atoms with Crippen LogP contribution >= 0.6 is 23.4 Å². The third-order valence-corrected chi connectivity index (χ3v) is 4.29. The van der Waals surface area contributed by atoms with Gasteiger partial charge >= 0.3 is 0 Å². The minimum Gasteiger partial charge on any atom is -0.497 e. The van der Waals surface area contributed by atoms with E-state index in [1.807, 2.05) is 36.4 Å². The van der Waals surface area contributed by atoms with E-state index in [0.29, 0.717) is 17.9 Å². The Labute approximate surface area is 140 Å². The highest BCUT2D eigenvalue weighted by Crippen LogP contribution is 2.16. The quantitative estimate of drug-likeness (QED) is 0.777. The van der Waals surface area contributed by atoms with Gasteiger partial charge in [-0.2, -0.15) is 11.8 Å². The van der Waals surface area contributed by atoms with Gasteiger partial charge in [0.15, 0.2) is 0 Å². The Morgan fingerprint density at radius 3 is 2.82 bits per heavy atom. The third-order valence-electron chi connectivity index (χ3n) is 3.02. The van der Waals surface area contributed by atoms with Gasteiger partial charge in [-0.3, -0.25) is 4.79 Å². The number of thioether (sulfide) groups is 1. The number of carbonyl (C=O) groups excluding carboxylic acids is 1. The summed E-state index contributed by atoms with van der Waals surface area (Å²) in [4.78, 5) is 12.0. The summed E-state index contributed by atoms with van der Waals surface area (Å²) in [5.41, 5.74) is 1.80. The molecule has 0 saturated heterocycles. The minimum atomic E-state index is -0.0812. The number of halogens is 1. The molecule has 0 radical (unpaired) electrons. The van der Waals surface area contributed by atoms with Gasteiger partial charge in [0.25, 0.3) is 5.91 Å². The van der Waals surface area contributed by atoms with Gasteiger partial charge in [0.1, 0.15) is 5.75 Å². The van der Waals surface area contributed by atoms with Gasteiger partial charge < -0.3 is 10.1 Å².